The molecule has 2 aliphatic heterocycles. The Morgan fingerprint density at radius 1 is 1.52 bits per heavy atom. The molecule has 1 atom stereocenters. The molecule has 4 rings (SSSR count). The summed E-state index contributed by atoms with van der Waals surface area (Å²) in [5, 5.41) is 9.21. The van der Waals surface area contributed by atoms with Crippen LogP contribution in [-0.2, 0) is 17.7 Å². The topological polar surface area (TPSA) is 58.2 Å². The molecule has 1 N–H and O–H groups in total. The Morgan fingerprint density at radius 2 is 2.48 bits per heavy atom. The molecule has 4 heterocycles. The molecule has 6 heteroatoms. The number of hydrogen-bond acceptors (Lipinski definition) is 4. The van der Waals surface area contributed by atoms with E-state index < -0.39 is 0 Å². The van der Waals surface area contributed by atoms with Crippen molar-refractivity contribution in [2.24, 2.45) is 0 Å². The van der Waals surface area contributed by atoms with Crippen LogP contribution in [0.3, 0.4) is 0 Å². The van der Waals surface area contributed by atoms with Gasteiger partial charge in [0.1, 0.15) is 0 Å². The van der Waals surface area contributed by atoms with Crippen LogP contribution in [0.1, 0.15) is 38.8 Å². The summed E-state index contributed by atoms with van der Waals surface area (Å²) in [7, 11) is 0. The maximum atomic E-state index is 12.8. The number of nitrogens with one attached hydrogen (secondary N) is 1. The fourth-order valence-corrected chi connectivity index (χ4v) is 4.07. The Balaban J connectivity index is 1.57. The fraction of sp³-hybridized carbons (Fsp3) is 0.467. The summed E-state index contributed by atoms with van der Waals surface area (Å²) in [4.78, 5) is 16.0. The number of nitrogens with zero attached hydrogens (tertiary/aromatic N) is 2. The van der Waals surface area contributed by atoms with Crippen LogP contribution in [0.2, 0.25) is 0 Å². The van der Waals surface area contributed by atoms with E-state index in [1.807, 2.05) is 4.90 Å². The number of rotatable bonds is 2. The van der Waals surface area contributed by atoms with Crippen molar-refractivity contribution in [1.82, 2.24) is 15.1 Å². The molecule has 110 valence electrons. The van der Waals surface area contributed by atoms with Crippen molar-refractivity contribution in [3.63, 3.8) is 0 Å². The lowest BCUT2D eigenvalue weighted by Crippen LogP contribution is -2.35. The third kappa shape index (κ3) is 2.28. The normalized spacial score (nSPS) is 21.5. The molecule has 5 nitrogen and oxygen atoms in total. The molecule has 0 radical (unpaired) electrons. The molecule has 21 heavy (non-hydrogen) atoms. The summed E-state index contributed by atoms with van der Waals surface area (Å²) in [5.74, 6) is 0.359. The van der Waals surface area contributed by atoms with E-state index in [4.69, 9.17) is 4.74 Å². The first-order valence-corrected chi connectivity index (χ1v) is 8.16. The highest BCUT2D eigenvalue weighted by Gasteiger charge is 2.29. The van der Waals surface area contributed by atoms with Gasteiger partial charge in [0.05, 0.1) is 30.6 Å². The van der Waals surface area contributed by atoms with Gasteiger partial charge in [-0.1, -0.05) is 0 Å². The number of aromatic amines is 1. The lowest BCUT2D eigenvalue weighted by atomic mass is 10.00. The summed E-state index contributed by atoms with van der Waals surface area (Å²) in [6, 6.07) is 2.17. The second kappa shape index (κ2) is 5.27. The van der Waals surface area contributed by atoms with E-state index in [0.29, 0.717) is 12.2 Å². The van der Waals surface area contributed by atoms with E-state index in [2.05, 4.69) is 21.6 Å². The molecule has 0 saturated carbocycles. The highest BCUT2D eigenvalue weighted by Crippen LogP contribution is 2.29. The number of carbonyl (C=O) groups excluding carboxylic acids is 1. The zero-order valence-electron chi connectivity index (χ0n) is 11.7. The molecule has 1 fully saturated rings. The standard InChI is InChI=1S/C15H17N3O2S/c19-15(18-4-1-10-3-6-21-13(10)8-18)12-7-16-17-14(12)11-2-5-20-9-11/h3,6-7,11H,1-2,4-5,8-9H2,(H,16,17). The number of thiophene rings is 1. The fourth-order valence-electron chi connectivity index (χ4n) is 3.12. The average Bonchev–Trinajstić information content (AvgIpc) is 3.24. The van der Waals surface area contributed by atoms with E-state index in [1.165, 1.54) is 10.4 Å². The Labute approximate surface area is 126 Å². The number of H-pyrrole nitrogens is 1. The van der Waals surface area contributed by atoms with Gasteiger partial charge in [-0.15, -0.1) is 11.3 Å². The van der Waals surface area contributed by atoms with E-state index in [-0.39, 0.29) is 11.8 Å². The molecular weight excluding hydrogens is 286 g/mol. The van der Waals surface area contributed by atoms with Crippen molar-refractivity contribution in [3.8, 4) is 0 Å². The molecule has 0 spiro atoms. The molecule has 2 aromatic heterocycles. The highest BCUT2D eigenvalue weighted by molar-refractivity contribution is 7.10. The van der Waals surface area contributed by atoms with E-state index >= 15 is 0 Å². The van der Waals surface area contributed by atoms with Crippen molar-refractivity contribution < 1.29 is 9.53 Å². The smallest absolute Gasteiger partial charge is 0.257 e. The summed E-state index contributed by atoms with van der Waals surface area (Å²) >= 11 is 1.74. The van der Waals surface area contributed by atoms with E-state index in [0.717, 1.165) is 38.2 Å². The largest absolute Gasteiger partial charge is 0.381 e. The lowest BCUT2D eigenvalue weighted by Gasteiger charge is -2.27. The number of aromatic nitrogens is 2. The molecule has 0 aliphatic carbocycles. The number of amides is 1. The van der Waals surface area contributed by atoms with Gasteiger partial charge in [-0.3, -0.25) is 9.89 Å². The van der Waals surface area contributed by atoms with E-state index in [9.17, 15) is 4.79 Å². The minimum absolute atomic E-state index is 0.0877. The van der Waals surface area contributed by atoms with Crippen LogP contribution in [0.5, 0.6) is 0 Å². The van der Waals surface area contributed by atoms with Crippen LogP contribution < -0.4 is 0 Å². The maximum Gasteiger partial charge on any atom is 0.257 e. The molecule has 1 unspecified atom stereocenters. The quantitative estimate of drug-likeness (QED) is 0.925. The predicted molar refractivity (Wildman–Crippen MR) is 79.5 cm³/mol. The summed E-state index contributed by atoms with van der Waals surface area (Å²) in [6.45, 7) is 2.95. The summed E-state index contributed by atoms with van der Waals surface area (Å²) in [5.41, 5.74) is 3.04. The Bertz CT molecular complexity index is 657. The van der Waals surface area contributed by atoms with Crippen molar-refractivity contribution >= 4 is 17.2 Å². The minimum atomic E-state index is 0.0877. The zero-order valence-corrected chi connectivity index (χ0v) is 12.5. The molecule has 1 amide bonds. The van der Waals surface area contributed by atoms with Crippen LogP contribution in [0.4, 0.5) is 0 Å². The zero-order chi connectivity index (χ0) is 14.2. The van der Waals surface area contributed by atoms with Gasteiger partial charge < -0.3 is 9.64 Å². The van der Waals surface area contributed by atoms with Gasteiger partial charge in [0.25, 0.3) is 5.91 Å². The number of fused-ring (bicyclic) bond motifs is 1. The van der Waals surface area contributed by atoms with Crippen LogP contribution in [0, 0.1) is 0 Å². The molecule has 0 aromatic carbocycles. The van der Waals surface area contributed by atoms with Gasteiger partial charge in [-0.25, -0.2) is 0 Å². The van der Waals surface area contributed by atoms with Crippen LogP contribution >= 0.6 is 11.3 Å². The first-order valence-electron chi connectivity index (χ1n) is 7.28. The molecule has 0 bridgehead atoms. The number of ether oxygens (including phenoxy) is 1. The average molecular weight is 303 g/mol. The monoisotopic (exact) mass is 303 g/mol. The first-order chi connectivity index (χ1) is 10.3. The third-order valence-electron chi connectivity index (χ3n) is 4.35. The molecular formula is C15H17N3O2S. The first kappa shape index (κ1) is 13.0. The predicted octanol–water partition coefficient (Wildman–Crippen LogP) is 2.17. The number of carbonyl (C=O) groups is 1. The lowest BCUT2D eigenvalue weighted by molar-refractivity contribution is 0.0735. The second-order valence-electron chi connectivity index (χ2n) is 5.60. The van der Waals surface area contributed by atoms with Gasteiger partial charge in [0.2, 0.25) is 0 Å². The Morgan fingerprint density at radius 3 is 3.33 bits per heavy atom. The Kier molecular flexibility index (Phi) is 3.27. The van der Waals surface area contributed by atoms with E-state index in [1.54, 1.807) is 17.5 Å². The van der Waals surface area contributed by atoms with Crippen LogP contribution in [-0.4, -0.2) is 40.8 Å². The van der Waals surface area contributed by atoms with Crippen molar-refractivity contribution in [2.45, 2.75) is 25.3 Å². The van der Waals surface area contributed by atoms with Gasteiger partial charge in [0.15, 0.2) is 0 Å². The van der Waals surface area contributed by atoms with Crippen molar-refractivity contribution in [1.29, 1.82) is 0 Å². The molecule has 2 aromatic rings. The summed E-state index contributed by atoms with van der Waals surface area (Å²) in [6.07, 6.45) is 3.57. The minimum Gasteiger partial charge on any atom is -0.381 e. The second-order valence-corrected chi connectivity index (χ2v) is 6.60. The SMILES string of the molecule is O=C(c1cn[nH]c1C1CCOC1)N1CCc2ccsc2C1. The highest BCUT2D eigenvalue weighted by atomic mass is 32.1. The molecule has 1 saturated heterocycles. The molecule has 2 aliphatic rings. The van der Waals surface area contributed by atoms with Gasteiger partial charge in [-0.05, 0) is 29.9 Å². The summed E-state index contributed by atoms with van der Waals surface area (Å²) < 4.78 is 5.43. The Hall–Kier alpha value is -1.66. The van der Waals surface area contributed by atoms with Crippen LogP contribution in [0.25, 0.3) is 0 Å². The van der Waals surface area contributed by atoms with Crippen LogP contribution in [0.15, 0.2) is 17.6 Å². The van der Waals surface area contributed by atoms with Gasteiger partial charge in [-0.2, -0.15) is 5.10 Å². The number of hydrogen-bond donors (Lipinski definition) is 1. The van der Waals surface area contributed by atoms with Gasteiger partial charge >= 0.3 is 0 Å². The van der Waals surface area contributed by atoms with Gasteiger partial charge in [0, 0.05) is 23.9 Å². The maximum absolute atomic E-state index is 12.8. The third-order valence-corrected chi connectivity index (χ3v) is 5.30. The van der Waals surface area contributed by atoms with Crippen molar-refractivity contribution in [3.05, 3.63) is 39.3 Å². The van der Waals surface area contributed by atoms with Crippen molar-refractivity contribution in [2.75, 3.05) is 19.8 Å².